The Bertz CT molecular complexity index is 1420. The number of alkyl halides is 3. The fraction of sp³-hybridized carbons (Fsp3) is 0.0769. The van der Waals surface area contributed by atoms with Crippen LogP contribution in [0.25, 0.3) is 22.1 Å². The maximum absolute atomic E-state index is 13.8. The molecule has 0 amide bonds. The van der Waals surface area contributed by atoms with E-state index in [-0.39, 0.29) is 23.5 Å². The monoisotopic (exact) mass is 482 g/mol. The third kappa shape index (κ3) is 5.35. The number of rotatable bonds is 6. The van der Waals surface area contributed by atoms with Gasteiger partial charge < -0.3 is 18.6 Å². The average molecular weight is 482 g/mol. The Labute approximate surface area is 196 Å². The van der Waals surface area contributed by atoms with Crippen LogP contribution in [0.3, 0.4) is 0 Å². The Balaban J connectivity index is 1.69. The van der Waals surface area contributed by atoms with Crippen molar-refractivity contribution in [3.05, 3.63) is 101 Å². The van der Waals surface area contributed by atoms with Gasteiger partial charge in [-0.2, -0.15) is 13.2 Å². The molecule has 1 aromatic heterocycles. The summed E-state index contributed by atoms with van der Waals surface area (Å²) < 4.78 is 61.2. The van der Waals surface area contributed by atoms with Gasteiger partial charge >= 0.3 is 12.3 Å². The molecule has 1 heterocycles. The number of hydrogen-bond donors (Lipinski definition) is 0. The summed E-state index contributed by atoms with van der Waals surface area (Å²) in [5.41, 5.74) is 0.250. The van der Waals surface area contributed by atoms with Gasteiger partial charge in [0.1, 0.15) is 23.7 Å². The predicted molar refractivity (Wildman–Crippen MR) is 122 cm³/mol. The molecular weight excluding hydrogens is 465 g/mol. The first-order valence-corrected chi connectivity index (χ1v) is 10.2. The van der Waals surface area contributed by atoms with Crippen molar-refractivity contribution in [1.29, 1.82) is 0 Å². The van der Waals surface area contributed by atoms with Crippen LogP contribution in [-0.4, -0.2) is 12.8 Å². The summed E-state index contributed by atoms with van der Waals surface area (Å²) in [6.45, 7) is 3.26. The molecule has 0 radical (unpaired) electrons. The number of hydrogen-bond acceptors (Lipinski definition) is 6. The quantitative estimate of drug-likeness (QED) is 0.168. The first-order chi connectivity index (χ1) is 16.8. The fourth-order valence-electron chi connectivity index (χ4n) is 3.22. The van der Waals surface area contributed by atoms with Crippen molar-refractivity contribution in [1.82, 2.24) is 0 Å². The molecule has 0 spiro atoms. The van der Waals surface area contributed by atoms with Gasteiger partial charge in [0, 0.05) is 6.07 Å². The van der Waals surface area contributed by atoms with Gasteiger partial charge in [0.25, 0.3) is 5.76 Å². The Morgan fingerprint density at radius 2 is 1.60 bits per heavy atom. The Morgan fingerprint density at radius 1 is 0.943 bits per heavy atom. The molecule has 0 unspecified atom stereocenters. The predicted octanol–water partition coefficient (Wildman–Crippen LogP) is 6.97. The third-order valence-corrected chi connectivity index (χ3v) is 4.78. The summed E-state index contributed by atoms with van der Waals surface area (Å²) in [5.74, 6) is -2.77. The second-order valence-corrected chi connectivity index (χ2v) is 7.19. The van der Waals surface area contributed by atoms with E-state index >= 15 is 0 Å². The normalized spacial score (nSPS) is 11.2. The molecule has 9 heteroatoms. The summed E-state index contributed by atoms with van der Waals surface area (Å²) >= 11 is 0. The maximum atomic E-state index is 13.8. The van der Waals surface area contributed by atoms with E-state index in [4.69, 9.17) is 13.9 Å². The highest BCUT2D eigenvalue weighted by Gasteiger charge is 2.40. The van der Waals surface area contributed by atoms with Crippen molar-refractivity contribution in [3.63, 3.8) is 0 Å². The van der Waals surface area contributed by atoms with Crippen LogP contribution in [0.5, 0.6) is 17.2 Å². The number of halogens is 3. The molecule has 178 valence electrons. The number of carbonyl (C=O) groups is 1. The Hall–Kier alpha value is -4.53. The van der Waals surface area contributed by atoms with Gasteiger partial charge in [0.05, 0.1) is 5.39 Å². The second-order valence-electron chi connectivity index (χ2n) is 7.19. The SMILES string of the molecule is C=CCOC(=O)Oc1ccc2c(=O)c(Oc3ccc(-c4ccccc4)cc3)c(C(F)(F)F)oc2c1. The zero-order chi connectivity index (χ0) is 25.0. The molecule has 3 aromatic carbocycles. The van der Waals surface area contributed by atoms with Crippen LogP contribution in [0, 0.1) is 0 Å². The molecule has 0 saturated heterocycles. The molecule has 0 aliphatic heterocycles. The van der Waals surface area contributed by atoms with Gasteiger partial charge in [-0.3, -0.25) is 4.79 Å². The maximum Gasteiger partial charge on any atom is 0.514 e. The Morgan fingerprint density at radius 3 is 2.26 bits per heavy atom. The van der Waals surface area contributed by atoms with Crippen LogP contribution in [-0.2, 0) is 10.9 Å². The van der Waals surface area contributed by atoms with E-state index in [1.54, 1.807) is 12.1 Å². The van der Waals surface area contributed by atoms with Gasteiger partial charge in [0.15, 0.2) is 0 Å². The summed E-state index contributed by atoms with van der Waals surface area (Å²) in [7, 11) is 0. The topological polar surface area (TPSA) is 75.0 Å². The zero-order valence-electron chi connectivity index (χ0n) is 18.0. The van der Waals surface area contributed by atoms with Crippen LogP contribution in [0.4, 0.5) is 18.0 Å². The molecule has 4 aromatic rings. The highest BCUT2D eigenvalue weighted by atomic mass is 19.4. The molecule has 0 atom stereocenters. The van der Waals surface area contributed by atoms with Crippen LogP contribution in [0.1, 0.15) is 5.76 Å². The molecular formula is C26H17F3O6. The molecule has 0 fully saturated rings. The first kappa shape index (κ1) is 23.6. The standard InChI is InChI=1S/C26H17F3O6/c1-2-14-32-25(31)34-19-12-13-20-21(15-19)35-24(26(27,28)29)23(22(20)30)33-18-10-8-17(9-11-18)16-6-4-3-5-7-16/h2-13,15H,1,14H2. The lowest BCUT2D eigenvalue weighted by Gasteiger charge is -2.14. The molecule has 0 aliphatic carbocycles. The van der Waals surface area contributed by atoms with Crippen molar-refractivity contribution in [2.24, 2.45) is 0 Å². The van der Waals surface area contributed by atoms with Crippen molar-refractivity contribution < 1.29 is 36.6 Å². The lowest BCUT2D eigenvalue weighted by atomic mass is 10.1. The van der Waals surface area contributed by atoms with E-state index in [0.717, 1.165) is 17.2 Å². The molecule has 4 rings (SSSR count). The minimum Gasteiger partial charge on any atom is -0.449 e. The van der Waals surface area contributed by atoms with Crippen molar-refractivity contribution >= 4 is 17.1 Å². The highest BCUT2D eigenvalue weighted by molar-refractivity contribution is 5.80. The largest absolute Gasteiger partial charge is 0.514 e. The highest BCUT2D eigenvalue weighted by Crippen LogP contribution is 2.39. The fourth-order valence-corrected chi connectivity index (χ4v) is 3.22. The van der Waals surface area contributed by atoms with Gasteiger partial charge in [-0.05, 0) is 35.4 Å². The summed E-state index contributed by atoms with van der Waals surface area (Å²) in [4.78, 5) is 24.5. The molecule has 6 nitrogen and oxygen atoms in total. The van der Waals surface area contributed by atoms with Crippen LogP contribution < -0.4 is 14.9 Å². The number of benzene rings is 3. The zero-order valence-corrected chi connectivity index (χ0v) is 18.0. The van der Waals surface area contributed by atoms with Crippen LogP contribution in [0.15, 0.2) is 94.7 Å². The Kier molecular flexibility index (Phi) is 6.59. The van der Waals surface area contributed by atoms with E-state index in [2.05, 4.69) is 11.3 Å². The van der Waals surface area contributed by atoms with E-state index in [9.17, 15) is 22.8 Å². The lowest BCUT2D eigenvalue weighted by molar-refractivity contribution is -0.154. The van der Waals surface area contributed by atoms with Crippen LogP contribution >= 0.6 is 0 Å². The molecule has 0 aliphatic rings. The smallest absolute Gasteiger partial charge is 0.449 e. The number of carbonyl (C=O) groups excluding carboxylic acids is 1. The van der Waals surface area contributed by atoms with Gasteiger partial charge in [-0.25, -0.2) is 4.79 Å². The van der Waals surface area contributed by atoms with Gasteiger partial charge in [-0.15, -0.1) is 0 Å². The van der Waals surface area contributed by atoms with Crippen LogP contribution in [0.2, 0.25) is 0 Å². The van der Waals surface area contributed by atoms with Gasteiger partial charge in [0.2, 0.25) is 11.2 Å². The summed E-state index contributed by atoms with van der Waals surface area (Å²) in [6.07, 6.45) is -4.82. The van der Waals surface area contributed by atoms with E-state index < -0.39 is 34.9 Å². The minimum absolute atomic E-state index is 0.0201. The summed E-state index contributed by atoms with van der Waals surface area (Å²) in [6, 6.07) is 19.0. The third-order valence-electron chi connectivity index (χ3n) is 4.78. The first-order valence-electron chi connectivity index (χ1n) is 10.2. The van der Waals surface area contributed by atoms with E-state index in [1.165, 1.54) is 30.3 Å². The van der Waals surface area contributed by atoms with E-state index in [0.29, 0.717) is 0 Å². The lowest BCUT2D eigenvalue weighted by Crippen LogP contribution is -2.16. The average Bonchev–Trinajstić information content (AvgIpc) is 2.84. The molecule has 0 N–H and O–H groups in total. The molecule has 35 heavy (non-hydrogen) atoms. The van der Waals surface area contributed by atoms with E-state index in [1.807, 2.05) is 30.3 Å². The van der Waals surface area contributed by atoms with Crippen molar-refractivity contribution in [2.75, 3.05) is 6.61 Å². The van der Waals surface area contributed by atoms with Crippen molar-refractivity contribution in [2.45, 2.75) is 6.18 Å². The molecule has 0 saturated carbocycles. The van der Waals surface area contributed by atoms with Crippen molar-refractivity contribution in [3.8, 4) is 28.4 Å². The minimum atomic E-state index is -5.04. The van der Waals surface area contributed by atoms with Gasteiger partial charge in [-0.1, -0.05) is 55.1 Å². The second kappa shape index (κ2) is 9.76. The number of ether oxygens (including phenoxy) is 3. The number of fused-ring (bicyclic) bond motifs is 1. The molecule has 0 bridgehead atoms. The summed E-state index contributed by atoms with van der Waals surface area (Å²) in [5, 5.41) is -0.194.